The van der Waals surface area contributed by atoms with Crippen LogP contribution in [0.3, 0.4) is 0 Å². The van der Waals surface area contributed by atoms with Gasteiger partial charge in [-0.15, -0.1) is 0 Å². The van der Waals surface area contributed by atoms with Gasteiger partial charge < -0.3 is 10.6 Å². The third-order valence-electron chi connectivity index (χ3n) is 9.44. The van der Waals surface area contributed by atoms with E-state index >= 15 is 0 Å². The lowest BCUT2D eigenvalue weighted by atomic mass is 9.68. The second-order valence-corrected chi connectivity index (χ2v) is 13.9. The number of anilines is 3. The van der Waals surface area contributed by atoms with Gasteiger partial charge in [0.15, 0.2) is 0 Å². The van der Waals surface area contributed by atoms with Gasteiger partial charge in [0.2, 0.25) is 0 Å². The first kappa shape index (κ1) is 27.0. The van der Waals surface area contributed by atoms with Gasteiger partial charge in [0, 0.05) is 22.0 Å². The topological polar surface area (TPSA) is 87.3 Å². The van der Waals surface area contributed by atoms with Crippen molar-refractivity contribution in [3.8, 4) is 0 Å². The first-order valence-electron chi connectivity index (χ1n) is 14.4. The molecular weight excluding hydrogens is 566 g/mol. The predicted molar refractivity (Wildman–Crippen MR) is 168 cm³/mol. The maximum Gasteiger partial charge on any atom is 0.261 e. The van der Waals surface area contributed by atoms with Crippen LogP contribution < -0.4 is 15.4 Å². The molecule has 4 aromatic carbocycles. The summed E-state index contributed by atoms with van der Waals surface area (Å²) >= 11 is 6.14. The van der Waals surface area contributed by atoms with Crippen molar-refractivity contribution >= 4 is 44.6 Å². The summed E-state index contributed by atoms with van der Waals surface area (Å²) < 4.78 is 28.5. The second-order valence-electron chi connectivity index (χ2n) is 11.8. The Morgan fingerprint density at radius 1 is 0.905 bits per heavy atom. The Balaban J connectivity index is 1.10. The van der Waals surface area contributed by atoms with Crippen LogP contribution in [-0.4, -0.2) is 14.3 Å². The molecule has 2 bridgehead atoms. The van der Waals surface area contributed by atoms with Gasteiger partial charge in [0.05, 0.1) is 16.6 Å². The molecule has 0 saturated heterocycles. The van der Waals surface area contributed by atoms with Gasteiger partial charge >= 0.3 is 0 Å². The SMILES string of the molecule is Cc1c(Cl)cccc1NS(=O)(=O)c1ccc(NC(=O)c2ccc3c(c2)[C@@H]2[C@H]4CC[C@@H](C4)[C@H]2[C@@H](c2ccccc2)N3)cc1. The van der Waals surface area contributed by atoms with Crippen molar-refractivity contribution in [2.24, 2.45) is 17.8 Å². The van der Waals surface area contributed by atoms with Gasteiger partial charge in [-0.2, -0.15) is 0 Å². The molecule has 3 N–H and O–H groups in total. The zero-order valence-electron chi connectivity index (χ0n) is 23.2. The van der Waals surface area contributed by atoms with Crippen molar-refractivity contribution in [1.29, 1.82) is 0 Å². The summed E-state index contributed by atoms with van der Waals surface area (Å²) in [7, 11) is -3.83. The van der Waals surface area contributed by atoms with E-state index in [2.05, 4.69) is 51.8 Å². The molecule has 6 nitrogen and oxygen atoms in total. The van der Waals surface area contributed by atoms with Crippen LogP contribution in [0.2, 0.25) is 5.02 Å². The monoisotopic (exact) mass is 597 g/mol. The van der Waals surface area contributed by atoms with Crippen LogP contribution in [0, 0.1) is 24.7 Å². The Kier molecular flexibility index (Phi) is 6.75. The molecule has 42 heavy (non-hydrogen) atoms. The minimum atomic E-state index is -3.83. The zero-order valence-corrected chi connectivity index (χ0v) is 24.8. The van der Waals surface area contributed by atoms with E-state index < -0.39 is 10.0 Å². The number of carbonyl (C=O) groups is 1. The second kappa shape index (κ2) is 10.5. The summed E-state index contributed by atoms with van der Waals surface area (Å²) in [5.41, 5.74) is 5.90. The Morgan fingerprint density at radius 3 is 2.45 bits per heavy atom. The number of hydrogen-bond acceptors (Lipinski definition) is 4. The molecule has 2 aliphatic carbocycles. The highest BCUT2D eigenvalue weighted by atomic mass is 35.5. The number of nitrogens with one attached hydrogen (secondary N) is 3. The van der Waals surface area contributed by atoms with Crippen molar-refractivity contribution in [2.45, 2.75) is 43.0 Å². The number of benzene rings is 4. The fraction of sp³-hybridized carbons (Fsp3) is 0.265. The molecule has 0 radical (unpaired) electrons. The van der Waals surface area contributed by atoms with E-state index in [4.69, 9.17) is 11.6 Å². The average Bonchev–Trinajstić information content (AvgIpc) is 3.63. The molecule has 8 heteroatoms. The van der Waals surface area contributed by atoms with E-state index in [1.807, 2.05) is 12.1 Å². The first-order valence-corrected chi connectivity index (χ1v) is 16.3. The Labute approximate surface area is 251 Å². The Morgan fingerprint density at radius 2 is 1.67 bits per heavy atom. The molecule has 1 heterocycles. The molecule has 3 aliphatic rings. The highest BCUT2D eigenvalue weighted by Crippen LogP contribution is 2.63. The van der Waals surface area contributed by atoms with Gasteiger partial charge in [0.1, 0.15) is 0 Å². The lowest BCUT2D eigenvalue weighted by Gasteiger charge is -2.43. The van der Waals surface area contributed by atoms with Crippen LogP contribution >= 0.6 is 11.6 Å². The molecule has 0 aromatic heterocycles. The fourth-order valence-corrected chi connectivity index (χ4v) is 8.76. The van der Waals surface area contributed by atoms with E-state index in [0.717, 1.165) is 5.69 Å². The highest BCUT2D eigenvalue weighted by molar-refractivity contribution is 7.92. The largest absolute Gasteiger partial charge is 0.378 e. The third kappa shape index (κ3) is 4.74. The standard InChI is InChI=1S/C34H32ClN3O3S/c1-20-28(35)8-5-9-29(20)38-42(40,41)26-15-13-25(14-16-26)36-34(39)24-12-17-30-27(19-24)31-22-10-11-23(18-22)32(31)33(37-30)21-6-3-2-4-7-21/h2-9,12-17,19,22-23,31-33,37-38H,10-11,18H2,1H3,(H,36,39)/t22-,23-,31-,32+,33+/m0/s1. The van der Waals surface area contributed by atoms with Crippen molar-refractivity contribution in [1.82, 2.24) is 0 Å². The van der Waals surface area contributed by atoms with E-state index in [1.54, 1.807) is 37.3 Å². The van der Waals surface area contributed by atoms with E-state index in [1.165, 1.54) is 42.5 Å². The quantitative estimate of drug-likeness (QED) is 0.210. The van der Waals surface area contributed by atoms with E-state index in [-0.39, 0.29) is 16.8 Å². The predicted octanol–water partition coefficient (Wildman–Crippen LogP) is 8.00. The van der Waals surface area contributed by atoms with Gasteiger partial charge in [-0.25, -0.2) is 8.42 Å². The number of rotatable bonds is 6. The molecule has 0 unspecified atom stereocenters. The number of fused-ring (bicyclic) bond motifs is 7. The van der Waals surface area contributed by atoms with Crippen molar-refractivity contribution in [3.05, 3.63) is 118 Å². The molecule has 2 fully saturated rings. The van der Waals surface area contributed by atoms with Crippen LogP contribution in [0.5, 0.6) is 0 Å². The summed E-state index contributed by atoms with van der Waals surface area (Å²) in [5, 5.41) is 7.26. The molecule has 1 aliphatic heterocycles. The maximum absolute atomic E-state index is 13.4. The Bertz CT molecular complexity index is 1780. The fourth-order valence-electron chi connectivity index (χ4n) is 7.46. The summed E-state index contributed by atoms with van der Waals surface area (Å²) in [6, 6.07) is 28.2. The molecule has 1 amide bonds. The van der Waals surface area contributed by atoms with E-state index in [9.17, 15) is 13.2 Å². The molecule has 2 saturated carbocycles. The molecule has 214 valence electrons. The van der Waals surface area contributed by atoms with Crippen LogP contribution in [0.15, 0.2) is 95.9 Å². The normalized spacial score (nSPS) is 23.9. The van der Waals surface area contributed by atoms with Crippen molar-refractivity contribution in [3.63, 3.8) is 0 Å². The first-order chi connectivity index (χ1) is 20.3. The van der Waals surface area contributed by atoms with Crippen LogP contribution in [0.1, 0.15) is 58.3 Å². The summed E-state index contributed by atoms with van der Waals surface area (Å²) in [6.07, 6.45) is 3.80. The van der Waals surface area contributed by atoms with E-state index in [0.29, 0.717) is 51.2 Å². The van der Waals surface area contributed by atoms with Gasteiger partial charge in [-0.05, 0) is 121 Å². The number of amides is 1. The molecule has 4 aromatic rings. The number of hydrogen-bond donors (Lipinski definition) is 3. The van der Waals surface area contributed by atoms with Crippen molar-refractivity contribution in [2.75, 3.05) is 15.4 Å². The van der Waals surface area contributed by atoms with Crippen LogP contribution in [-0.2, 0) is 10.0 Å². The molecule has 7 rings (SSSR count). The molecule has 5 atom stereocenters. The van der Waals surface area contributed by atoms with Crippen molar-refractivity contribution < 1.29 is 13.2 Å². The zero-order chi connectivity index (χ0) is 29.0. The minimum absolute atomic E-state index is 0.0926. The van der Waals surface area contributed by atoms with Gasteiger partial charge in [-0.1, -0.05) is 48.0 Å². The lowest BCUT2D eigenvalue weighted by Crippen LogP contribution is -2.35. The maximum atomic E-state index is 13.4. The Hall–Kier alpha value is -3.81. The van der Waals surface area contributed by atoms with Gasteiger partial charge in [-0.3, -0.25) is 9.52 Å². The summed E-state index contributed by atoms with van der Waals surface area (Å²) in [4.78, 5) is 13.4. The lowest BCUT2D eigenvalue weighted by molar-refractivity contribution is 0.102. The summed E-state index contributed by atoms with van der Waals surface area (Å²) in [5.74, 6) is 2.11. The van der Waals surface area contributed by atoms with Crippen LogP contribution in [0.25, 0.3) is 0 Å². The summed E-state index contributed by atoms with van der Waals surface area (Å²) in [6.45, 7) is 1.76. The van der Waals surface area contributed by atoms with Gasteiger partial charge in [0.25, 0.3) is 15.9 Å². The average molecular weight is 598 g/mol. The van der Waals surface area contributed by atoms with Crippen LogP contribution in [0.4, 0.5) is 17.1 Å². The number of halogens is 1. The molecule has 0 spiro atoms. The third-order valence-corrected chi connectivity index (χ3v) is 11.2. The number of carbonyl (C=O) groups excluding carboxylic acids is 1. The molecular formula is C34H32ClN3O3S. The highest BCUT2D eigenvalue weighted by Gasteiger charge is 2.53. The minimum Gasteiger partial charge on any atom is -0.378 e. The smallest absolute Gasteiger partial charge is 0.261 e. The number of sulfonamides is 1.